The molecule has 29 heavy (non-hydrogen) atoms. The minimum atomic E-state index is -0.325. The summed E-state index contributed by atoms with van der Waals surface area (Å²) in [5.41, 5.74) is 1.19. The van der Waals surface area contributed by atoms with E-state index in [1.165, 1.54) is 9.13 Å². The number of ether oxygens (including phenoxy) is 2. The molecular weight excluding hydrogens is 372 g/mol. The van der Waals surface area contributed by atoms with Gasteiger partial charge in [0.05, 0.1) is 13.2 Å². The van der Waals surface area contributed by atoms with Gasteiger partial charge in [-0.25, -0.2) is 9.78 Å². The molecule has 1 aromatic carbocycles. The molecule has 1 saturated heterocycles. The minimum Gasteiger partial charge on any atom is -0.486 e. The summed E-state index contributed by atoms with van der Waals surface area (Å²) in [6.07, 6.45) is 3.90. The third kappa shape index (κ3) is 3.40. The maximum atomic E-state index is 12.8. The van der Waals surface area contributed by atoms with Crippen molar-refractivity contribution in [1.29, 1.82) is 0 Å². The number of imidazole rings is 1. The van der Waals surface area contributed by atoms with Gasteiger partial charge in [-0.2, -0.15) is 0 Å². The molecule has 152 valence electrons. The number of hydrogen-bond acceptors (Lipinski definition) is 5. The molecule has 3 aromatic rings. The topological polar surface area (TPSA) is 80.3 Å². The molecule has 1 aliphatic heterocycles. The van der Waals surface area contributed by atoms with Crippen LogP contribution < -0.4 is 16.0 Å². The molecule has 0 bridgehead atoms. The predicted octanol–water partition coefficient (Wildman–Crippen LogP) is 1.88. The Bertz CT molecular complexity index is 1180. The van der Waals surface area contributed by atoms with Crippen LogP contribution >= 0.6 is 0 Å². The molecule has 8 heteroatoms. The van der Waals surface area contributed by atoms with E-state index in [1.54, 1.807) is 18.5 Å². The fraction of sp³-hybridized carbons (Fsp3) is 0.381. The van der Waals surface area contributed by atoms with Gasteiger partial charge in [0.2, 0.25) is 0 Å². The summed E-state index contributed by atoms with van der Waals surface area (Å²) in [5, 5.41) is 0. The number of fused-ring (bicyclic) bond motifs is 1. The van der Waals surface area contributed by atoms with E-state index in [0.29, 0.717) is 43.3 Å². The highest BCUT2D eigenvalue weighted by atomic mass is 16.6. The molecule has 0 amide bonds. The average molecular weight is 396 g/mol. The van der Waals surface area contributed by atoms with Crippen molar-refractivity contribution in [2.75, 3.05) is 13.2 Å². The first-order valence-electron chi connectivity index (χ1n) is 9.76. The largest absolute Gasteiger partial charge is 0.486 e. The number of aryl methyl sites for hydroxylation is 2. The zero-order valence-electron chi connectivity index (χ0n) is 16.8. The maximum absolute atomic E-state index is 12.8. The van der Waals surface area contributed by atoms with Crippen molar-refractivity contribution in [2.45, 2.75) is 33.0 Å². The number of rotatable bonds is 6. The summed E-state index contributed by atoms with van der Waals surface area (Å²) in [7, 11) is 1.79. The van der Waals surface area contributed by atoms with Crippen molar-refractivity contribution in [2.24, 2.45) is 7.05 Å². The van der Waals surface area contributed by atoms with Crippen LogP contribution in [0.1, 0.15) is 25.2 Å². The van der Waals surface area contributed by atoms with Crippen LogP contribution in [0.15, 0.2) is 33.9 Å². The van der Waals surface area contributed by atoms with Gasteiger partial charge in [0.15, 0.2) is 11.2 Å². The first kappa shape index (κ1) is 19.2. The molecule has 0 aliphatic carbocycles. The molecular formula is C21H24N4O4. The van der Waals surface area contributed by atoms with Gasteiger partial charge in [0, 0.05) is 20.1 Å². The van der Waals surface area contributed by atoms with E-state index in [9.17, 15) is 9.59 Å². The maximum Gasteiger partial charge on any atom is 0.332 e. The molecule has 3 heterocycles. The second kappa shape index (κ2) is 7.71. The van der Waals surface area contributed by atoms with E-state index >= 15 is 0 Å². The summed E-state index contributed by atoms with van der Waals surface area (Å²) in [6.45, 7) is 5.70. The van der Waals surface area contributed by atoms with Crippen molar-refractivity contribution < 1.29 is 9.47 Å². The molecule has 2 aromatic heterocycles. The van der Waals surface area contributed by atoms with Crippen LogP contribution in [0.4, 0.5) is 0 Å². The van der Waals surface area contributed by atoms with E-state index in [-0.39, 0.29) is 17.4 Å². The lowest BCUT2D eigenvalue weighted by atomic mass is 10.2. The van der Waals surface area contributed by atoms with Crippen LogP contribution in [0.25, 0.3) is 23.3 Å². The van der Waals surface area contributed by atoms with Gasteiger partial charge >= 0.3 is 5.69 Å². The Hall–Kier alpha value is -3.13. The zero-order chi connectivity index (χ0) is 20.5. The summed E-state index contributed by atoms with van der Waals surface area (Å²) in [5.74, 6) is 1.42. The third-order valence-corrected chi connectivity index (χ3v) is 5.12. The van der Waals surface area contributed by atoms with Gasteiger partial charge in [-0.3, -0.25) is 13.9 Å². The number of hydrogen-bond donors (Lipinski definition) is 0. The molecule has 0 N–H and O–H groups in total. The minimum absolute atomic E-state index is 0.139. The van der Waals surface area contributed by atoms with Crippen LogP contribution in [-0.2, 0) is 24.9 Å². The highest BCUT2D eigenvalue weighted by Gasteiger charge is 2.20. The van der Waals surface area contributed by atoms with Crippen molar-refractivity contribution in [3.05, 3.63) is 56.5 Å². The average Bonchev–Trinajstić information content (AvgIpc) is 3.01. The van der Waals surface area contributed by atoms with E-state index in [2.05, 4.69) is 4.98 Å². The molecule has 1 aliphatic rings. The third-order valence-electron chi connectivity index (χ3n) is 5.12. The first-order valence-corrected chi connectivity index (χ1v) is 9.76. The molecule has 0 unspecified atom stereocenters. The van der Waals surface area contributed by atoms with E-state index in [4.69, 9.17) is 9.47 Å². The van der Waals surface area contributed by atoms with Crippen molar-refractivity contribution in [1.82, 2.24) is 18.7 Å². The Morgan fingerprint density at radius 2 is 1.79 bits per heavy atom. The summed E-state index contributed by atoms with van der Waals surface area (Å²) in [4.78, 5) is 29.9. The van der Waals surface area contributed by atoms with Crippen LogP contribution in [0, 0.1) is 0 Å². The molecule has 0 spiro atoms. The molecule has 4 rings (SSSR count). The van der Waals surface area contributed by atoms with Gasteiger partial charge in [-0.1, -0.05) is 18.2 Å². The van der Waals surface area contributed by atoms with E-state index in [1.807, 2.05) is 43.3 Å². The normalized spacial score (nSPS) is 14.6. The van der Waals surface area contributed by atoms with Gasteiger partial charge in [-0.15, -0.1) is 0 Å². The lowest BCUT2D eigenvalue weighted by Gasteiger charge is -2.26. The molecule has 8 nitrogen and oxygen atoms in total. The Morgan fingerprint density at radius 3 is 2.38 bits per heavy atom. The fourth-order valence-electron chi connectivity index (χ4n) is 3.40. The lowest BCUT2D eigenvalue weighted by Crippen LogP contribution is -2.39. The van der Waals surface area contributed by atoms with Crippen molar-refractivity contribution in [3.8, 4) is 5.75 Å². The molecule has 1 fully saturated rings. The van der Waals surface area contributed by atoms with Crippen molar-refractivity contribution >= 4 is 23.3 Å². The summed E-state index contributed by atoms with van der Waals surface area (Å²) in [6, 6.07) is 7.75. The summed E-state index contributed by atoms with van der Waals surface area (Å²) < 4.78 is 15.4. The smallest absolute Gasteiger partial charge is 0.332 e. The standard InChI is InChI=1S/C21H24N4O4/c1-4-24-19-18(20(26)25(5-2)21(24)27)23(3)17(22-19)11-8-14-6-9-15(10-7-14)29-16-12-28-13-16/h6-11,16H,4-5,12-13H2,1-3H3/b11-8+. The second-order valence-electron chi connectivity index (χ2n) is 6.96. The molecule has 0 saturated carbocycles. The lowest BCUT2D eigenvalue weighted by molar-refractivity contribution is -0.0796. The van der Waals surface area contributed by atoms with Gasteiger partial charge < -0.3 is 14.0 Å². The van der Waals surface area contributed by atoms with E-state index < -0.39 is 0 Å². The Labute approximate surface area is 167 Å². The second-order valence-corrected chi connectivity index (χ2v) is 6.96. The number of benzene rings is 1. The predicted molar refractivity (Wildman–Crippen MR) is 111 cm³/mol. The first-order chi connectivity index (χ1) is 14.0. The van der Waals surface area contributed by atoms with Gasteiger partial charge in [-0.05, 0) is 37.6 Å². The molecule has 0 atom stereocenters. The quantitative estimate of drug-likeness (QED) is 0.636. The van der Waals surface area contributed by atoms with Crippen LogP contribution in [-0.4, -0.2) is 38.0 Å². The Balaban J connectivity index is 1.67. The van der Waals surface area contributed by atoms with Gasteiger partial charge in [0.1, 0.15) is 17.7 Å². The van der Waals surface area contributed by atoms with Crippen LogP contribution in [0.2, 0.25) is 0 Å². The van der Waals surface area contributed by atoms with Gasteiger partial charge in [0.25, 0.3) is 5.56 Å². The van der Waals surface area contributed by atoms with Crippen molar-refractivity contribution in [3.63, 3.8) is 0 Å². The van der Waals surface area contributed by atoms with Crippen LogP contribution in [0.3, 0.4) is 0 Å². The number of aromatic nitrogens is 4. The zero-order valence-corrected chi connectivity index (χ0v) is 16.8. The fourth-order valence-corrected chi connectivity index (χ4v) is 3.40. The van der Waals surface area contributed by atoms with Crippen LogP contribution in [0.5, 0.6) is 5.75 Å². The molecule has 0 radical (unpaired) electrons. The highest BCUT2D eigenvalue weighted by molar-refractivity contribution is 5.76. The number of nitrogens with zero attached hydrogens (tertiary/aromatic N) is 4. The van der Waals surface area contributed by atoms with E-state index in [0.717, 1.165) is 11.3 Å². The Kier molecular flexibility index (Phi) is 5.10. The summed E-state index contributed by atoms with van der Waals surface area (Å²) >= 11 is 0. The highest BCUT2D eigenvalue weighted by Crippen LogP contribution is 2.18. The Morgan fingerprint density at radius 1 is 1.10 bits per heavy atom. The monoisotopic (exact) mass is 396 g/mol. The SMILES string of the molecule is CCn1c(=O)c2c(nc(/C=C/c3ccc(OC4COC4)cc3)n2C)n(CC)c1=O.